The van der Waals surface area contributed by atoms with E-state index in [0.717, 1.165) is 6.40 Å². The SMILES string of the molecule is CCOC=NS(=O)(=O)c1cc(I)cc(C#N)c1. The van der Waals surface area contributed by atoms with Crippen molar-refractivity contribution in [3.8, 4) is 6.07 Å². The zero-order valence-corrected chi connectivity index (χ0v) is 11.9. The van der Waals surface area contributed by atoms with Gasteiger partial charge in [0.2, 0.25) is 0 Å². The second-order valence-electron chi connectivity index (χ2n) is 2.93. The smallest absolute Gasteiger partial charge is 0.285 e. The van der Waals surface area contributed by atoms with E-state index in [1.54, 1.807) is 13.0 Å². The molecule has 5 nitrogen and oxygen atoms in total. The van der Waals surface area contributed by atoms with Gasteiger partial charge in [0.05, 0.1) is 23.1 Å². The van der Waals surface area contributed by atoms with E-state index in [9.17, 15) is 8.42 Å². The van der Waals surface area contributed by atoms with Crippen molar-refractivity contribution in [2.24, 2.45) is 4.40 Å². The van der Waals surface area contributed by atoms with Crippen LogP contribution in [0.15, 0.2) is 27.5 Å². The summed E-state index contributed by atoms with van der Waals surface area (Å²) in [5.74, 6) is 0. The molecule has 0 aromatic heterocycles. The first-order valence-electron chi connectivity index (χ1n) is 4.60. The molecule has 90 valence electrons. The maximum absolute atomic E-state index is 11.7. The van der Waals surface area contributed by atoms with Gasteiger partial charge >= 0.3 is 0 Å². The Morgan fingerprint density at radius 3 is 2.82 bits per heavy atom. The number of hydrogen-bond acceptors (Lipinski definition) is 4. The van der Waals surface area contributed by atoms with Crippen LogP contribution in [0.3, 0.4) is 0 Å². The Morgan fingerprint density at radius 1 is 1.53 bits per heavy atom. The summed E-state index contributed by atoms with van der Waals surface area (Å²) in [4.78, 5) is -0.0168. The monoisotopic (exact) mass is 364 g/mol. The molecule has 0 heterocycles. The van der Waals surface area contributed by atoms with Gasteiger partial charge in [-0.1, -0.05) is 0 Å². The van der Waals surface area contributed by atoms with Gasteiger partial charge in [-0.05, 0) is 47.7 Å². The minimum atomic E-state index is -3.80. The fourth-order valence-electron chi connectivity index (χ4n) is 0.999. The minimum absolute atomic E-state index is 0.0168. The van der Waals surface area contributed by atoms with Crippen LogP contribution >= 0.6 is 22.6 Å². The summed E-state index contributed by atoms with van der Waals surface area (Å²) in [5, 5.41) is 8.76. The maximum atomic E-state index is 11.7. The number of hydrogen-bond donors (Lipinski definition) is 0. The predicted octanol–water partition coefficient (Wildman–Crippen LogP) is 1.92. The van der Waals surface area contributed by atoms with Crippen LogP contribution in [0, 0.1) is 14.9 Å². The summed E-state index contributed by atoms with van der Waals surface area (Å²) >= 11 is 1.94. The van der Waals surface area contributed by atoms with Crippen LogP contribution in [0.25, 0.3) is 0 Å². The first-order chi connectivity index (χ1) is 7.99. The fourth-order valence-corrected chi connectivity index (χ4v) is 2.73. The van der Waals surface area contributed by atoms with Gasteiger partial charge in [0.25, 0.3) is 10.0 Å². The standard InChI is InChI=1S/C10H9IN2O3S/c1-2-16-7-13-17(14,15)10-4-8(6-12)3-9(11)5-10/h3-5,7H,2H2,1H3. The van der Waals surface area contributed by atoms with Gasteiger partial charge in [-0.2, -0.15) is 13.7 Å². The predicted molar refractivity (Wildman–Crippen MR) is 71.2 cm³/mol. The van der Waals surface area contributed by atoms with Gasteiger partial charge in [-0.3, -0.25) is 0 Å². The zero-order valence-electron chi connectivity index (χ0n) is 8.92. The number of halogens is 1. The van der Waals surface area contributed by atoms with Crippen LogP contribution in [0.1, 0.15) is 12.5 Å². The van der Waals surface area contributed by atoms with Gasteiger partial charge in [-0.15, -0.1) is 4.40 Å². The molecule has 0 radical (unpaired) electrons. The number of nitrogens with zero attached hydrogens (tertiary/aromatic N) is 2. The topological polar surface area (TPSA) is 79.5 Å². The maximum Gasteiger partial charge on any atom is 0.285 e. The lowest BCUT2D eigenvalue weighted by molar-refractivity contribution is 0.344. The van der Waals surface area contributed by atoms with E-state index in [0.29, 0.717) is 10.2 Å². The molecule has 0 aliphatic carbocycles. The number of sulfonamides is 1. The Morgan fingerprint density at radius 2 is 2.24 bits per heavy atom. The molecule has 1 aromatic carbocycles. The van der Waals surface area contributed by atoms with Crippen molar-refractivity contribution in [3.05, 3.63) is 27.3 Å². The molecule has 0 amide bonds. The lowest BCUT2D eigenvalue weighted by Gasteiger charge is -2.00. The third-order valence-electron chi connectivity index (χ3n) is 1.72. The molecule has 0 fully saturated rings. The first-order valence-corrected chi connectivity index (χ1v) is 7.12. The summed E-state index contributed by atoms with van der Waals surface area (Å²) in [5.41, 5.74) is 0.280. The highest BCUT2D eigenvalue weighted by atomic mass is 127. The summed E-state index contributed by atoms with van der Waals surface area (Å²) in [7, 11) is -3.80. The first kappa shape index (κ1) is 13.9. The summed E-state index contributed by atoms with van der Waals surface area (Å²) in [6.45, 7) is 2.06. The summed E-state index contributed by atoms with van der Waals surface area (Å²) in [6, 6.07) is 6.21. The molecule has 1 rings (SSSR count). The van der Waals surface area contributed by atoms with Crippen LogP contribution in [-0.4, -0.2) is 21.4 Å². The molecule has 0 aliphatic heterocycles. The van der Waals surface area contributed by atoms with Crippen LogP contribution in [0.4, 0.5) is 0 Å². The molecule has 0 unspecified atom stereocenters. The molecule has 1 aromatic rings. The Labute approximate surface area is 113 Å². The van der Waals surface area contributed by atoms with E-state index in [1.165, 1.54) is 12.1 Å². The quantitative estimate of drug-likeness (QED) is 0.465. The van der Waals surface area contributed by atoms with E-state index < -0.39 is 10.0 Å². The van der Waals surface area contributed by atoms with E-state index in [4.69, 9.17) is 10.00 Å². The third-order valence-corrected chi connectivity index (χ3v) is 3.54. The highest BCUT2D eigenvalue weighted by molar-refractivity contribution is 14.1. The van der Waals surface area contributed by atoms with Crippen LogP contribution in [-0.2, 0) is 14.8 Å². The van der Waals surface area contributed by atoms with Crippen molar-refractivity contribution >= 4 is 39.0 Å². The van der Waals surface area contributed by atoms with Gasteiger partial charge in [0.1, 0.15) is 0 Å². The second-order valence-corrected chi connectivity index (χ2v) is 5.81. The Hall–Kier alpha value is -1.14. The Kier molecular flexibility index (Phi) is 4.89. The van der Waals surface area contributed by atoms with E-state index in [-0.39, 0.29) is 10.5 Å². The normalized spacial score (nSPS) is 11.4. The molecule has 0 saturated carbocycles. The number of rotatable bonds is 4. The Bertz CT molecular complexity index is 576. The van der Waals surface area contributed by atoms with Crippen molar-refractivity contribution in [3.63, 3.8) is 0 Å². The zero-order chi connectivity index (χ0) is 12.9. The molecule has 0 spiro atoms. The molecule has 0 aliphatic rings. The van der Waals surface area contributed by atoms with E-state index in [2.05, 4.69) is 4.40 Å². The molecule has 0 saturated heterocycles. The molecule has 17 heavy (non-hydrogen) atoms. The van der Waals surface area contributed by atoms with Crippen LogP contribution in [0.2, 0.25) is 0 Å². The second kappa shape index (κ2) is 5.97. The van der Waals surface area contributed by atoms with Gasteiger partial charge in [-0.25, -0.2) is 0 Å². The van der Waals surface area contributed by atoms with Crippen LogP contribution < -0.4 is 0 Å². The lowest BCUT2D eigenvalue weighted by Crippen LogP contribution is -2.00. The molecule has 0 N–H and O–H groups in total. The molecular formula is C10H9IN2O3S. The highest BCUT2D eigenvalue weighted by Gasteiger charge is 2.13. The van der Waals surface area contributed by atoms with Crippen LogP contribution in [0.5, 0.6) is 0 Å². The third kappa shape index (κ3) is 3.98. The van der Waals surface area contributed by atoms with E-state index in [1.807, 2.05) is 28.7 Å². The number of benzene rings is 1. The van der Waals surface area contributed by atoms with Crippen molar-refractivity contribution in [1.29, 1.82) is 5.26 Å². The highest BCUT2D eigenvalue weighted by Crippen LogP contribution is 2.18. The Balaban J connectivity index is 3.16. The number of nitriles is 1. The largest absolute Gasteiger partial charge is 0.483 e. The van der Waals surface area contributed by atoms with Gasteiger partial charge in [0, 0.05) is 3.57 Å². The average molecular weight is 364 g/mol. The van der Waals surface area contributed by atoms with Crippen molar-refractivity contribution < 1.29 is 13.2 Å². The van der Waals surface area contributed by atoms with Crippen molar-refractivity contribution in [1.82, 2.24) is 0 Å². The minimum Gasteiger partial charge on any atom is -0.483 e. The van der Waals surface area contributed by atoms with Crippen molar-refractivity contribution in [2.75, 3.05) is 6.61 Å². The fraction of sp³-hybridized carbons (Fsp3) is 0.200. The summed E-state index contributed by atoms with van der Waals surface area (Å²) < 4.78 is 32.2. The van der Waals surface area contributed by atoms with Crippen molar-refractivity contribution in [2.45, 2.75) is 11.8 Å². The molecular weight excluding hydrogens is 355 g/mol. The number of ether oxygens (including phenoxy) is 1. The average Bonchev–Trinajstić information content (AvgIpc) is 2.28. The molecule has 0 bridgehead atoms. The summed E-state index contributed by atoms with van der Waals surface area (Å²) in [6.07, 6.45) is 0.890. The van der Waals surface area contributed by atoms with Gasteiger partial charge in [0.15, 0.2) is 6.40 Å². The van der Waals surface area contributed by atoms with E-state index >= 15 is 0 Å². The van der Waals surface area contributed by atoms with Gasteiger partial charge < -0.3 is 4.74 Å². The lowest BCUT2D eigenvalue weighted by atomic mass is 10.2. The molecule has 7 heteroatoms. The molecule has 0 atom stereocenters.